The second kappa shape index (κ2) is 15.1. The van der Waals surface area contributed by atoms with Crippen molar-refractivity contribution in [2.24, 2.45) is 0 Å². The van der Waals surface area contributed by atoms with Crippen LogP contribution < -0.4 is 9.80 Å². The number of nitrogens with zero attached hydrogens (tertiary/aromatic N) is 2. The molecule has 5 aliphatic rings. The maximum absolute atomic E-state index is 7.64. The number of anilines is 6. The summed E-state index contributed by atoms with van der Waals surface area (Å²) in [6.07, 6.45) is 9.30. The lowest BCUT2D eigenvalue weighted by Crippen LogP contribution is -2.36. The van der Waals surface area contributed by atoms with E-state index in [0.29, 0.717) is 5.02 Å². The lowest BCUT2D eigenvalue weighted by Gasteiger charge is -2.46. The molecule has 0 fully saturated rings. The van der Waals surface area contributed by atoms with E-state index in [9.17, 15) is 0 Å². The van der Waals surface area contributed by atoms with Gasteiger partial charge in [0, 0.05) is 43.2 Å². The van der Waals surface area contributed by atoms with Crippen LogP contribution in [0.2, 0.25) is 5.02 Å². The molecule has 0 bridgehead atoms. The fourth-order valence-corrected chi connectivity index (χ4v) is 15.7. The topological polar surface area (TPSA) is 19.6 Å². The molecule has 3 heterocycles. The van der Waals surface area contributed by atoms with Crippen molar-refractivity contribution >= 4 is 78.3 Å². The van der Waals surface area contributed by atoms with Gasteiger partial charge in [-0.15, -0.1) is 11.3 Å². The van der Waals surface area contributed by atoms with Gasteiger partial charge in [0.2, 0.25) is 5.88 Å². The number of furan rings is 1. The van der Waals surface area contributed by atoms with E-state index in [-0.39, 0.29) is 43.3 Å². The van der Waals surface area contributed by atoms with Crippen LogP contribution in [0.3, 0.4) is 0 Å². The van der Waals surface area contributed by atoms with Gasteiger partial charge in [0.05, 0.1) is 22.7 Å². The Bertz CT molecular complexity index is 3420. The van der Waals surface area contributed by atoms with Crippen LogP contribution in [0.4, 0.5) is 34.3 Å². The highest BCUT2D eigenvalue weighted by molar-refractivity contribution is 7.18. The zero-order valence-electron chi connectivity index (χ0n) is 46.7. The monoisotopic (exact) mass is 995 g/mol. The Morgan fingerprint density at radius 3 is 1.60 bits per heavy atom. The summed E-state index contributed by atoms with van der Waals surface area (Å²) >= 11 is 9.54. The Morgan fingerprint density at radius 2 is 1.00 bits per heavy atom. The molecule has 3 nitrogen and oxygen atoms in total. The Balaban J connectivity index is 1.14. The third-order valence-electron chi connectivity index (χ3n) is 19.8. The average Bonchev–Trinajstić information content (AvgIpc) is 3.91. The number of hydrogen-bond donors (Lipinski definition) is 0. The smallest absolute Gasteiger partial charge is 0.205 e. The minimum atomic E-state index is 0.0161. The van der Waals surface area contributed by atoms with Crippen molar-refractivity contribution in [3.05, 3.63) is 127 Å². The van der Waals surface area contributed by atoms with Gasteiger partial charge >= 0.3 is 0 Å². The SMILES string of the molecule is Cc1cc2c(cc1N(c1cc(Cl)cc(N3c4cc5c(cc4-c4c6c(cc7scc3c47)C(C)(C)CCC6(C)C)C(C)(C)CCC5(C)C)c1)c1cc3cc4c(cc3o1)C(C)(C)CCC4(C)C)C(C)(C)CCC2(C)C. The lowest BCUT2D eigenvalue weighted by molar-refractivity contribution is 0.331. The van der Waals surface area contributed by atoms with Gasteiger partial charge in [0.25, 0.3) is 0 Å². The van der Waals surface area contributed by atoms with Crippen molar-refractivity contribution in [2.75, 3.05) is 9.80 Å². The van der Waals surface area contributed by atoms with Crippen molar-refractivity contribution < 1.29 is 4.42 Å². The van der Waals surface area contributed by atoms with Crippen LogP contribution in [-0.2, 0) is 43.3 Å². The first-order valence-corrected chi connectivity index (χ1v) is 28.6. The molecule has 72 heavy (non-hydrogen) atoms. The summed E-state index contributed by atoms with van der Waals surface area (Å²) in [5.41, 5.74) is 22.9. The molecule has 376 valence electrons. The molecule has 0 atom stereocenters. The summed E-state index contributed by atoms with van der Waals surface area (Å²) in [5, 5.41) is 5.67. The fourth-order valence-electron chi connectivity index (χ4n) is 14.5. The molecule has 0 amide bonds. The Hall–Kier alpha value is -4.51. The van der Waals surface area contributed by atoms with Crippen LogP contribution in [0.15, 0.2) is 76.5 Å². The van der Waals surface area contributed by atoms with Gasteiger partial charge in [-0.2, -0.15) is 0 Å². The summed E-state index contributed by atoms with van der Waals surface area (Å²) in [6, 6.07) is 26.7. The molecule has 0 saturated heterocycles. The van der Waals surface area contributed by atoms with Crippen LogP contribution in [-0.4, -0.2) is 0 Å². The average molecular weight is 996 g/mol. The summed E-state index contributed by atoms with van der Waals surface area (Å²) in [4.78, 5) is 4.99. The number of hydrogen-bond acceptors (Lipinski definition) is 4. The predicted molar refractivity (Wildman–Crippen MR) is 311 cm³/mol. The fraction of sp³-hybridized carbons (Fsp3) is 0.493. The molecule has 0 unspecified atom stereocenters. The van der Waals surface area contributed by atoms with E-state index in [0.717, 1.165) is 66.0 Å². The molecule has 5 aromatic carbocycles. The van der Waals surface area contributed by atoms with Crippen molar-refractivity contribution in [2.45, 2.75) is 212 Å². The number of benzene rings is 5. The maximum Gasteiger partial charge on any atom is 0.205 e. The lowest BCUT2D eigenvalue weighted by atomic mass is 9.59. The van der Waals surface area contributed by atoms with Gasteiger partial charge in [-0.05, 0) is 212 Å². The van der Waals surface area contributed by atoms with Crippen molar-refractivity contribution in [3.63, 3.8) is 0 Å². The predicted octanol–water partition coefficient (Wildman–Crippen LogP) is 20.9. The van der Waals surface area contributed by atoms with Crippen molar-refractivity contribution in [1.82, 2.24) is 0 Å². The van der Waals surface area contributed by atoms with E-state index in [1.807, 2.05) is 11.3 Å². The summed E-state index contributed by atoms with van der Waals surface area (Å²) in [7, 11) is 0. The third kappa shape index (κ3) is 7.05. The number of fused-ring (bicyclic) bond motifs is 8. The molecular formula is C67H79ClN2OS. The van der Waals surface area contributed by atoms with E-state index in [2.05, 4.69) is 200 Å². The van der Waals surface area contributed by atoms with Gasteiger partial charge in [0.1, 0.15) is 5.58 Å². The summed E-state index contributed by atoms with van der Waals surface area (Å²) < 4.78 is 8.65. The summed E-state index contributed by atoms with van der Waals surface area (Å²) in [6.45, 7) is 41.5. The van der Waals surface area contributed by atoms with Crippen LogP contribution in [0.1, 0.15) is 212 Å². The molecule has 0 radical (unpaired) electrons. The highest BCUT2D eigenvalue weighted by atomic mass is 35.5. The largest absolute Gasteiger partial charge is 0.440 e. The van der Waals surface area contributed by atoms with Gasteiger partial charge in [-0.3, -0.25) is 4.90 Å². The zero-order chi connectivity index (χ0) is 51.4. The molecule has 12 rings (SSSR count). The number of halogens is 1. The van der Waals surface area contributed by atoms with E-state index in [1.54, 1.807) is 5.56 Å². The molecule has 2 aromatic heterocycles. The quantitative estimate of drug-likeness (QED) is 0.175. The zero-order valence-corrected chi connectivity index (χ0v) is 48.2. The van der Waals surface area contributed by atoms with E-state index in [4.69, 9.17) is 16.0 Å². The van der Waals surface area contributed by atoms with Crippen LogP contribution >= 0.6 is 22.9 Å². The molecule has 5 heteroatoms. The highest BCUT2D eigenvalue weighted by Gasteiger charge is 2.46. The Labute approximate surface area is 440 Å². The minimum absolute atomic E-state index is 0.0161. The maximum atomic E-state index is 7.64. The standard InChI is InChI=1S/C67H79ClN2OS/c1-38-26-44-47(63(8,9)21-18-60(44,2)3)33-51(38)70(56-28-39-27-45-49(35-54(39)71-56)65(12,13)23-19-61(45,4)5)42-30-40(68)29-41(31-42)69-52-34-48-46(62(6,7)20-22-64(48,10)11)32-43(52)57-58-53(69)37-72-55(58)36-50-59(57)67(16,17)25-24-66(50,14)15/h26-37H,18-25H2,1-17H3. The molecule has 1 aliphatic heterocycles. The van der Waals surface area contributed by atoms with Crippen LogP contribution in [0, 0.1) is 6.92 Å². The number of rotatable bonds is 4. The van der Waals surface area contributed by atoms with Crippen LogP contribution in [0.5, 0.6) is 0 Å². The number of thiophene rings is 1. The molecular weight excluding hydrogens is 916 g/mol. The molecule has 0 N–H and O–H groups in total. The second-order valence-electron chi connectivity index (χ2n) is 28.7. The van der Waals surface area contributed by atoms with Crippen molar-refractivity contribution in [1.29, 1.82) is 0 Å². The Morgan fingerprint density at radius 1 is 0.500 bits per heavy atom. The van der Waals surface area contributed by atoms with Gasteiger partial charge in [-0.25, -0.2) is 0 Å². The van der Waals surface area contributed by atoms with Gasteiger partial charge in [0.15, 0.2) is 0 Å². The van der Waals surface area contributed by atoms with E-state index >= 15 is 0 Å². The first-order chi connectivity index (χ1) is 33.4. The van der Waals surface area contributed by atoms with Crippen molar-refractivity contribution in [3.8, 4) is 11.1 Å². The van der Waals surface area contributed by atoms with E-state index < -0.39 is 0 Å². The number of aryl methyl sites for hydroxylation is 1. The Kier molecular flexibility index (Phi) is 10.1. The minimum Gasteiger partial charge on any atom is -0.440 e. The molecule has 7 aromatic rings. The highest BCUT2D eigenvalue weighted by Crippen LogP contribution is 2.63. The first-order valence-electron chi connectivity index (χ1n) is 27.3. The molecule has 0 saturated carbocycles. The van der Waals surface area contributed by atoms with Gasteiger partial charge in [-0.1, -0.05) is 128 Å². The van der Waals surface area contributed by atoms with Gasteiger partial charge < -0.3 is 9.32 Å². The van der Waals surface area contributed by atoms with E-state index in [1.165, 1.54) is 96.4 Å². The molecule has 0 spiro atoms. The second-order valence-corrected chi connectivity index (χ2v) is 30.0. The molecule has 4 aliphatic carbocycles. The third-order valence-corrected chi connectivity index (χ3v) is 21.0. The first kappa shape index (κ1) is 48.4. The normalized spacial score (nSPS) is 21.9. The van der Waals surface area contributed by atoms with Crippen LogP contribution in [0.25, 0.3) is 32.2 Å². The summed E-state index contributed by atoms with van der Waals surface area (Å²) in [5.74, 6) is 0.809.